The third-order valence-corrected chi connectivity index (χ3v) is 3.02. The fourth-order valence-electron chi connectivity index (χ4n) is 1.97. The fraction of sp³-hybridized carbons (Fsp3) is 0.188. The molecule has 0 heterocycles. The molecule has 0 atom stereocenters. The highest BCUT2D eigenvalue weighted by Gasteiger charge is 2.19. The van der Waals surface area contributed by atoms with Crippen molar-refractivity contribution in [3.05, 3.63) is 59.2 Å². The number of ether oxygens (including phenoxy) is 2. The Labute approximate surface area is 118 Å². The molecule has 0 aromatic heterocycles. The molecule has 0 amide bonds. The third-order valence-electron chi connectivity index (χ3n) is 3.02. The summed E-state index contributed by atoms with van der Waals surface area (Å²) in [5.74, 6) is -0.0708. The number of hydrogen-bond donors (Lipinski definition) is 1. The van der Waals surface area contributed by atoms with Gasteiger partial charge in [0.25, 0.3) is 0 Å². The second-order valence-corrected chi connectivity index (χ2v) is 4.44. The van der Waals surface area contributed by atoms with E-state index in [0.717, 1.165) is 11.1 Å². The van der Waals surface area contributed by atoms with Crippen LogP contribution in [-0.4, -0.2) is 13.1 Å². The van der Waals surface area contributed by atoms with Crippen LogP contribution in [0.5, 0.6) is 5.75 Å². The summed E-state index contributed by atoms with van der Waals surface area (Å²) in [5.41, 5.74) is 8.32. The lowest BCUT2D eigenvalue weighted by Crippen LogP contribution is -2.10. The van der Waals surface area contributed by atoms with Crippen molar-refractivity contribution in [1.82, 2.24) is 0 Å². The number of carbonyl (C=O) groups excluding carboxylic acids is 1. The summed E-state index contributed by atoms with van der Waals surface area (Å²) >= 11 is 0. The van der Waals surface area contributed by atoms with Crippen LogP contribution >= 0.6 is 0 Å². The molecule has 20 heavy (non-hydrogen) atoms. The number of esters is 1. The molecule has 0 unspecified atom stereocenters. The maximum absolute atomic E-state index is 12.2. The van der Waals surface area contributed by atoms with E-state index >= 15 is 0 Å². The van der Waals surface area contributed by atoms with Crippen molar-refractivity contribution in [2.45, 2.75) is 13.5 Å². The number of hydrogen-bond acceptors (Lipinski definition) is 4. The molecular weight excluding hydrogens is 254 g/mol. The lowest BCUT2D eigenvalue weighted by molar-refractivity contribution is 0.0468. The van der Waals surface area contributed by atoms with Gasteiger partial charge in [-0.3, -0.25) is 0 Å². The Hall–Kier alpha value is -2.49. The molecule has 0 saturated carbocycles. The summed E-state index contributed by atoms with van der Waals surface area (Å²) in [7, 11) is 1.49. The van der Waals surface area contributed by atoms with Crippen molar-refractivity contribution in [3.63, 3.8) is 0 Å². The largest absolute Gasteiger partial charge is 0.494 e. The van der Waals surface area contributed by atoms with Crippen LogP contribution in [0.3, 0.4) is 0 Å². The smallest absolute Gasteiger partial charge is 0.342 e. The van der Waals surface area contributed by atoms with E-state index < -0.39 is 5.97 Å². The summed E-state index contributed by atoms with van der Waals surface area (Å²) in [4.78, 5) is 12.2. The Kier molecular flexibility index (Phi) is 4.25. The van der Waals surface area contributed by atoms with E-state index in [9.17, 15) is 4.79 Å². The van der Waals surface area contributed by atoms with Gasteiger partial charge in [0.2, 0.25) is 0 Å². The van der Waals surface area contributed by atoms with Gasteiger partial charge in [0.15, 0.2) is 5.75 Å². The van der Waals surface area contributed by atoms with E-state index in [4.69, 9.17) is 15.2 Å². The molecule has 4 nitrogen and oxygen atoms in total. The molecule has 0 saturated heterocycles. The van der Waals surface area contributed by atoms with Gasteiger partial charge in [-0.1, -0.05) is 36.4 Å². The number of nitrogens with two attached hydrogens (primary N) is 1. The average molecular weight is 271 g/mol. The molecule has 0 spiro atoms. The first-order chi connectivity index (χ1) is 9.63. The first-order valence-electron chi connectivity index (χ1n) is 6.27. The zero-order chi connectivity index (χ0) is 14.5. The van der Waals surface area contributed by atoms with Crippen LogP contribution < -0.4 is 10.5 Å². The zero-order valence-corrected chi connectivity index (χ0v) is 11.6. The van der Waals surface area contributed by atoms with Crippen LogP contribution in [0.2, 0.25) is 0 Å². The molecule has 2 aromatic rings. The molecule has 0 radical (unpaired) electrons. The van der Waals surface area contributed by atoms with Crippen LogP contribution in [0.15, 0.2) is 42.5 Å². The predicted octanol–water partition coefficient (Wildman–Crippen LogP) is 2.94. The SMILES string of the molecule is COc1c(N)ccc(C)c1C(=O)OCc1ccccc1. The van der Waals surface area contributed by atoms with Gasteiger partial charge in [0.1, 0.15) is 12.2 Å². The van der Waals surface area contributed by atoms with Crippen LogP contribution in [0.25, 0.3) is 0 Å². The third kappa shape index (κ3) is 2.91. The minimum Gasteiger partial charge on any atom is -0.494 e. The van der Waals surface area contributed by atoms with E-state index in [1.54, 1.807) is 12.1 Å². The minimum atomic E-state index is -0.435. The fourth-order valence-corrected chi connectivity index (χ4v) is 1.97. The number of nitrogen functional groups attached to an aromatic ring is 1. The van der Waals surface area contributed by atoms with Gasteiger partial charge < -0.3 is 15.2 Å². The van der Waals surface area contributed by atoms with E-state index in [1.807, 2.05) is 37.3 Å². The maximum atomic E-state index is 12.2. The van der Waals surface area contributed by atoms with Gasteiger partial charge >= 0.3 is 5.97 Å². The highest BCUT2D eigenvalue weighted by Crippen LogP contribution is 2.29. The van der Waals surface area contributed by atoms with Gasteiger partial charge in [-0.25, -0.2) is 4.79 Å². The molecule has 2 N–H and O–H groups in total. The Bertz CT molecular complexity index is 609. The molecule has 0 aliphatic rings. The van der Waals surface area contributed by atoms with Crippen molar-refractivity contribution in [2.24, 2.45) is 0 Å². The summed E-state index contributed by atoms with van der Waals surface area (Å²) < 4.78 is 10.5. The number of benzene rings is 2. The second kappa shape index (κ2) is 6.10. The van der Waals surface area contributed by atoms with E-state index in [1.165, 1.54) is 7.11 Å². The molecule has 2 aromatic carbocycles. The van der Waals surface area contributed by atoms with Gasteiger partial charge in [0.05, 0.1) is 12.8 Å². The summed E-state index contributed by atoms with van der Waals surface area (Å²) in [5, 5.41) is 0. The number of aryl methyl sites for hydroxylation is 1. The van der Waals surface area contributed by atoms with Gasteiger partial charge in [-0.05, 0) is 24.1 Å². The standard InChI is InChI=1S/C16H17NO3/c1-11-8-9-13(17)15(19-2)14(11)16(18)20-10-12-6-4-3-5-7-12/h3-9H,10,17H2,1-2H3. The Morgan fingerprint density at radius 1 is 1.15 bits per heavy atom. The number of methoxy groups -OCH3 is 1. The number of rotatable bonds is 4. The highest BCUT2D eigenvalue weighted by atomic mass is 16.5. The van der Waals surface area contributed by atoms with Crippen LogP contribution in [0, 0.1) is 6.92 Å². The molecule has 104 valence electrons. The van der Waals surface area contributed by atoms with Gasteiger partial charge in [-0.2, -0.15) is 0 Å². The average Bonchev–Trinajstić information content (AvgIpc) is 2.48. The lowest BCUT2D eigenvalue weighted by atomic mass is 10.1. The molecule has 2 rings (SSSR count). The zero-order valence-electron chi connectivity index (χ0n) is 11.6. The molecular formula is C16H17NO3. The van der Waals surface area contributed by atoms with Crippen LogP contribution in [0.1, 0.15) is 21.5 Å². The van der Waals surface area contributed by atoms with E-state index in [2.05, 4.69) is 0 Å². The number of anilines is 1. The molecule has 0 bridgehead atoms. The van der Waals surface area contributed by atoms with Crippen LogP contribution in [-0.2, 0) is 11.3 Å². The molecule has 0 aliphatic heterocycles. The molecule has 0 aliphatic carbocycles. The first kappa shape index (κ1) is 13.9. The summed E-state index contributed by atoms with van der Waals surface area (Å²) in [6, 6.07) is 13.0. The van der Waals surface area contributed by atoms with Crippen molar-refractivity contribution in [1.29, 1.82) is 0 Å². The molecule has 0 fully saturated rings. The monoisotopic (exact) mass is 271 g/mol. The number of carbonyl (C=O) groups is 1. The normalized spacial score (nSPS) is 10.1. The van der Waals surface area contributed by atoms with Gasteiger partial charge in [0, 0.05) is 0 Å². The van der Waals surface area contributed by atoms with Crippen molar-refractivity contribution >= 4 is 11.7 Å². The summed E-state index contributed by atoms with van der Waals surface area (Å²) in [6.07, 6.45) is 0. The van der Waals surface area contributed by atoms with Crippen LogP contribution in [0.4, 0.5) is 5.69 Å². The first-order valence-corrected chi connectivity index (χ1v) is 6.27. The maximum Gasteiger partial charge on any atom is 0.342 e. The van der Waals surface area contributed by atoms with Gasteiger partial charge in [-0.15, -0.1) is 0 Å². The van der Waals surface area contributed by atoms with Crippen molar-refractivity contribution in [3.8, 4) is 5.75 Å². The quantitative estimate of drug-likeness (QED) is 0.686. The van der Waals surface area contributed by atoms with Crippen molar-refractivity contribution in [2.75, 3.05) is 12.8 Å². The topological polar surface area (TPSA) is 61.5 Å². The Morgan fingerprint density at radius 2 is 1.85 bits per heavy atom. The van der Waals surface area contributed by atoms with Crippen molar-refractivity contribution < 1.29 is 14.3 Å². The summed E-state index contributed by atoms with van der Waals surface area (Å²) in [6.45, 7) is 2.04. The predicted molar refractivity (Wildman–Crippen MR) is 77.7 cm³/mol. The minimum absolute atomic E-state index is 0.219. The Morgan fingerprint density at radius 3 is 2.50 bits per heavy atom. The Balaban J connectivity index is 2.19. The van der Waals surface area contributed by atoms with E-state index in [-0.39, 0.29) is 6.61 Å². The second-order valence-electron chi connectivity index (χ2n) is 4.44. The molecule has 4 heteroatoms. The van der Waals surface area contributed by atoms with E-state index in [0.29, 0.717) is 17.0 Å². The lowest BCUT2D eigenvalue weighted by Gasteiger charge is -2.13. The highest BCUT2D eigenvalue weighted by molar-refractivity contribution is 5.96.